The molecule has 0 bridgehead atoms. The lowest BCUT2D eigenvalue weighted by atomic mass is 10.0. The number of hydrogen-bond acceptors (Lipinski definition) is 4. The fourth-order valence-corrected chi connectivity index (χ4v) is 3.46. The maximum Gasteiger partial charge on any atom is 0.193 e. The van der Waals surface area contributed by atoms with Crippen LogP contribution < -0.4 is 20.5 Å². The molecule has 1 unspecified atom stereocenters. The van der Waals surface area contributed by atoms with Crippen molar-refractivity contribution >= 4 is 35.6 Å². The number of nitrogens with zero attached hydrogens (tertiary/aromatic N) is 2. The lowest BCUT2D eigenvalue weighted by Crippen LogP contribution is -2.35. The van der Waals surface area contributed by atoms with Crippen LogP contribution in [0.15, 0.2) is 23.2 Å². The summed E-state index contributed by atoms with van der Waals surface area (Å²) in [6, 6.07) is 5.69. The second-order valence-corrected chi connectivity index (χ2v) is 7.17. The number of unbranched alkanes of at least 4 members (excludes halogenated alkanes) is 1. The van der Waals surface area contributed by atoms with Crippen molar-refractivity contribution in [2.75, 3.05) is 44.7 Å². The van der Waals surface area contributed by atoms with Gasteiger partial charge in [0.25, 0.3) is 0 Å². The van der Waals surface area contributed by atoms with Gasteiger partial charge in [0.1, 0.15) is 11.5 Å². The van der Waals surface area contributed by atoms with Gasteiger partial charge in [-0.25, -0.2) is 0 Å². The van der Waals surface area contributed by atoms with Crippen molar-refractivity contribution in [3.63, 3.8) is 0 Å². The molecule has 1 atom stereocenters. The zero-order chi connectivity index (χ0) is 19.5. The number of benzene rings is 1. The smallest absolute Gasteiger partial charge is 0.193 e. The highest BCUT2D eigenvalue weighted by atomic mass is 127. The molecule has 160 valence electrons. The van der Waals surface area contributed by atoms with Gasteiger partial charge in [-0.15, -0.1) is 24.0 Å². The Labute approximate surface area is 187 Å². The van der Waals surface area contributed by atoms with Crippen LogP contribution in [0.5, 0.6) is 11.5 Å². The van der Waals surface area contributed by atoms with E-state index in [-0.39, 0.29) is 24.0 Å². The molecule has 28 heavy (non-hydrogen) atoms. The number of guanidine groups is 1. The molecule has 0 saturated carbocycles. The van der Waals surface area contributed by atoms with Crippen molar-refractivity contribution < 1.29 is 9.47 Å². The van der Waals surface area contributed by atoms with E-state index in [0.29, 0.717) is 19.2 Å². The number of nitrogens with two attached hydrogens (primary N) is 1. The van der Waals surface area contributed by atoms with Gasteiger partial charge in [0.15, 0.2) is 5.96 Å². The van der Waals surface area contributed by atoms with Gasteiger partial charge in [0.2, 0.25) is 0 Å². The van der Waals surface area contributed by atoms with E-state index in [4.69, 9.17) is 15.2 Å². The Morgan fingerprint density at radius 3 is 2.75 bits per heavy atom. The van der Waals surface area contributed by atoms with Crippen molar-refractivity contribution in [1.29, 1.82) is 0 Å². The molecule has 0 radical (unpaired) electrons. The maximum absolute atomic E-state index is 6.07. The van der Waals surface area contributed by atoms with Gasteiger partial charge < -0.3 is 25.4 Å². The molecule has 0 aromatic heterocycles. The minimum absolute atomic E-state index is 0. The molecule has 0 aliphatic carbocycles. The topological polar surface area (TPSA) is 72.1 Å². The summed E-state index contributed by atoms with van der Waals surface area (Å²) >= 11 is 0. The highest BCUT2D eigenvalue weighted by Gasteiger charge is 2.15. The molecule has 1 aromatic rings. The molecule has 6 nitrogen and oxygen atoms in total. The van der Waals surface area contributed by atoms with Crippen LogP contribution in [0.3, 0.4) is 0 Å². The zero-order valence-electron chi connectivity index (χ0n) is 17.6. The summed E-state index contributed by atoms with van der Waals surface area (Å²) in [6.45, 7) is 11.9. The SMILES string of the molecule is CCOc1ccc(OCC)c(NC(N)=NCCCCN2CCCC(C)C2)c1.I. The van der Waals surface area contributed by atoms with Gasteiger partial charge >= 0.3 is 0 Å². The molecule has 2 rings (SSSR count). The highest BCUT2D eigenvalue weighted by Crippen LogP contribution is 2.29. The van der Waals surface area contributed by atoms with Crippen LogP contribution in [-0.4, -0.2) is 50.3 Å². The Hall–Kier alpha value is -1.22. The molecule has 7 heteroatoms. The number of aliphatic imine (C=N–C) groups is 1. The third kappa shape index (κ3) is 8.86. The Morgan fingerprint density at radius 2 is 2.04 bits per heavy atom. The van der Waals surface area contributed by atoms with Gasteiger partial charge in [-0.1, -0.05) is 6.92 Å². The van der Waals surface area contributed by atoms with Crippen molar-refractivity contribution in [2.24, 2.45) is 16.6 Å². The molecule has 0 spiro atoms. The molecular formula is C21H37IN4O2. The summed E-state index contributed by atoms with van der Waals surface area (Å²) in [4.78, 5) is 7.04. The average molecular weight is 504 g/mol. The van der Waals surface area contributed by atoms with E-state index < -0.39 is 0 Å². The van der Waals surface area contributed by atoms with E-state index >= 15 is 0 Å². The molecule has 0 amide bonds. The van der Waals surface area contributed by atoms with E-state index in [1.807, 2.05) is 32.0 Å². The first kappa shape index (κ1) is 24.8. The summed E-state index contributed by atoms with van der Waals surface area (Å²) in [6.07, 6.45) is 4.91. The van der Waals surface area contributed by atoms with Crippen LogP contribution in [0, 0.1) is 5.92 Å². The molecule has 1 aliphatic heterocycles. The van der Waals surface area contributed by atoms with Crippen LogP contribution in [0.2, 0.25) is 0 Å². The summed E-state index contributed by atoms with van der Waals surface area (Å²) in [5, 5.41) is 3.15. The number of hydrogen-bond donors (Lipinski definition) is 2. The number of rotatable bonds is 10. The monoisotopic (exact) mass is 504 g/mol. The Bertz CT molecular complexity index is 598. The number of piperidine rings is 1. The highest BCUT2D eigenvalue weighted by molar-refractivity contribution is 14.0. The standard InChI is InChI=1S/C21H36N4O2.HI/c1-4-26-18-10-11-20(27-5-2)19(15-18)24-21(22)23-12-6-7-13-25-14-8-9-17(3)16-25;/h10-11,15,17H,4-9,12-14,16H2,1-3H3,(H3,22,23,24);1H. The fraction of sp³-hybridized carbons (Fsp3) is 0.667. The first-order chi connectivity index (χ1) is 13.1. The lowest BCUT2D eigenvalue weighted by Gasteiger charge is -2.30. The van der Waals surface area contributed by atoms with E-state index in [1.54, 1.807) is 0 Å². The van der Waals surface area contributed by atoms with Crippen molar-refractivity contribution in [1.82, 2.24) is 4.90 Å². The second-order valence-electron chi connectivity index (χ2n) is 7.17. The fourth-order valence-electron chi connectivity index (χ4n) is 3.46. The summed E-state index contributed by atoms with van der Waals surface area (Å²) < 4.78 is 11.2. The first-order valence-electron chi connectivity index (χ1n) is 10.3. The summed E-state index contributed by atoms with van der Waals surface area (Å²) in [5.74, 6) is 2.78. The number of anilines is 1. The predicted molar refractivity (Wildman–Crippen MR) is 128 cm³/mol. The Kier molecular flexibility index (Phi) is 12.3. The summed E-state index contributed by atoms with van der Waals surface area (Å²) in [7, 11) is 0. The Balaban J connectivity index is 0.00000392. The van der Waals surface area contributed by atoms with Gasteiger partial charge in [-0.05, 0) is 70.7 Å². The molecule has 1 aromatic carbocycles. The van der Waals surface area contributed by atoms with E-state index in [1.165, 1.54) is 25.9 Å². The van der Waals surface area contributed by atoms with Crippen molar-refractivity contribution in [3.05, 3.63) is 18.2 Å². The van der Waals surface area contributed by atoms with Crippen LogP contribution in [0.25, 0.3) is 0 Å². The van der Waals surface area contributed by atoms with Crippen LogP contribution in [0.1, 0.15) is 46.5 Å². The minimum atomic E-state index is 0. The quantitative estimate of drug-likeness (QED) is 0.215. The van der Waals surface area contributed by atoms with Gasteiger partial charge in [-0.3, -0.25) is 4.99 Å². The predicted octanol–water partition coefficient (Wildman–Crippen LogP) is 4.34. The number of halogens is 1. The Morgan fingerprint density at radius 1 is 1.25 bits per heavy atom. The molecule has 1 saturated heterocycles. The molecule has 1 heterocycles. The van der Waals surface area contributed by atoms with Crippen molar-refractivity contribution in [2.45, 2.75) is 46.5 Å². The first-order valence-corrected chi connectivity index (χ1v) is 10.3. The van der Waals surface area contributed by atoms with Gasteiger partial charge in [-0.2, -0.15) is 0 Å². The van der Waals surface area contributed by atoms with E-state index in [9.17, 15) is 0 Å². The van der Waals surface area contributed by atoms with Crippen LogP contribution in [-0.2, 0) is 0 Å². The van der Waals surface area contributed by atoms with Crippen LogP contribution >= 0.6 is 24.0 Å². The zero-order valence-corrected chi connectivity index (χ0v) is 19.9. The lowest BCUT2D eigenvalue weighted by molar-refractivity contribution is 0.181. The molecule has 1 aliphatic rings. The van der Waals surface area contributed by atoms with Gasteiger partial charge in [0, 0.05) is 19.2 Å². The van der Waals surface area contributed by atoms with Crippen molar-refractivity contribution in [3.8, 4) is 11.5 Å². The maximum atomic E-state index is 6.07. The molecule has 3 N–H and O–H groups in total. The molecular weight excluding hydrogens is 467 g/mol. The number of likely N-dealkylation sites (tertiary alicyclic amines) is 1. The van der Waals surface area contributed by atoms with E-state index in [0.717, 1.165) is 49.0 Å². The third-order valence-electron chi connectivity index (χ3n) is 4.73. The summed E-state index contributed by atoms with van der Waals surface area (Å²) in [5.41, 5.74) is 6.85. The molecule has 1 fully saturated rings. The normalized spacial score (nSPS) is 17.7. The van der Waals surface area contributed by atoms with Gasteiger partial charge in [0.05, 0.1) is 18.9 Å². The second kappa shape index (κ2) is 13.9. The number of nitrogens with one attached hydrogen (secondary N) is 1. The van der Waals surface area contributed by atoms with Crippen LogP contribution in [0.4, 0.5) is 5.69 Å². The minimum Gasteiger partial charge on any atom is -0.494 e. The van der Waals surface area contributed by atoms with E-state index in [2.05, 4.69) is 22.1 Å². The average Bonchev–Trinajstić information content (AvgIpc) is 2.64. The number of ether oxygens (including phenoxy) is 2. The largest absolute Gasteiger partial charge is 0.494 e. The third-order valence-corrected chi connectivity index (χ3v) is 4.73.